The molecule has 1 amide bonds. The Morgan fingerprint density at radius 1 is 1.23 bits per heavy atom. The van der Waals surface area contributed by atoms with E-state index in [1.54, 1.807) is 0 Å². The summed E-state index contributed by atoms with van der Waals surface area (Å²) in [5, 5.41) is 0.640. The van der Waals surface area contributed by atoms with Gasteiger partial charge in [-0.15, -0.1) is 0 Å². The Labute approximate surface area is 184 Å². The fraction of sp³-hybridized carbons (Fsp3) is 0.458. The molecule has 0 saturated carbocycles. The zero-order valence-corrected chi connectivity index (χ0v) is 18.9. The summed E-state index contributed by atoms with van der Waals surface area (Å²) < 4.78 is 6.19. The van der Waals surface area contributed by atoms with Crippen LogP contribution < -0.4 is 10.5 Å². The topological polar surface area (TPSA) is 58.8 Å². The van der Waals surface area contributed by atoms with Gasteiger partial charge >= 0.3 is 0 Å². The van der Waals surface area contributed by atoms with Crippen LogP contribution in [0, 0.1) is 0 Å². The number of ether oxygens (including phenoxy) is 1. The van der Waals surface area contributed by atoms with E-state index in [1.165, 1.54) is 5.56 Å². The molecule has 1 unspecified atom stereocenters. The van der Waals surface area contributed by atoms with Crippen molar-refractivity contribution in [3.63, 3.8) is 0 Å². The Morgan fingerprint density at radius 3 is 2.67 bits per heavy atom. The number of nitrogens with zero attached hydrogens (tertiary/aromatic N) is 2. The van der Waals surface area contributed by atoms with Gasteiger partial charge in [0, 0.05) is 37.2 Å². The van der Waals surface area contributed by atoms with Gasteiger partial charge in [-0.1, -0.05) is 30.7 Å². The van der Waals surface area contributed by atoms with Gasteiger partial charge in [0.2, 0.25) is 6.41 Å². The van der Waals surface area contributed by atoms with Gasteiger partial charge in [0.1, 0.15) is 11.5 Å². The van der Waals surface area contributed by atoms with Crippen LogP contribution in [-0.2, 0) is 17.8 Å². The Hall–Kier alpha value is -2.08. The lowest BCUT2D eigenvalue weighted by atomic mass is 9.92. The Bertz CT molecular complexity index is 872. The maximum atomic E-state index is 11.6. The van der Waals surface area contributed by atoms with E-state index in [-0.39, 0.29) is 6.04 Å². The predicted octanol–water partition coefficient (Wildman–Crippen LogP) is 4.77. The molecule has 0 bridgehead atoms. The number of benzene rings is 2. The molecule has 0 radical (unpaired) electrons. The monoisotopic (exact) mass is 429 g/mol. The number of nitrogens with two attached hydrogens (primary N) is 1. The summed E-state index contributed by atoms with van der Waals surface area (Å²) in [7, 11) is 0. The predicted molar refractivity (Wildman–Crippen MR) is 122 cm³/mol. The fourth-order valence-corrected chi connectivity index (χ4v) is 4.59. The van der Waals surface area contributed by atoms with Gasteiger partial charge in [-0.2, -0.15) is 0 Å². The summed E-state index contributed by atoms with van der Waals surface area (Å²) >= 11 is 6.12. The molecule has 2 aromatic carbocycles. The highest BCUT2D eigenvalue weighted by Gasteiger charge is 2.30. The normalized spacial score (nSPS) is 17.8. The molecular formula is C24H32ClN3O2. The molecule has 5 nitrogen and oxygen atoms in total. The van der Waals surface area contributed by atoms with Crippen molar-refractivity contribution in [2.45, 2.75) is 52.2 Å². The number of halogens is 1. The van der Waals surface area contributed by atoms with Crippen molar-refractivity contribution in [3.8, 4) is 11.5 Å². The van der Waals surface area contributed by atoms with E-state index in [2.05, 4.69) is 31.7 Å². The zero-order chi connectivity index (χ0) is 21.7. The smallest absolute Gasteiger partial charge is 0.209 e. The molecule has 1 saturated heterocycles. The summed E-state index contributed by atoms with van der Waals surface area (Å²) in [5.41, 5.74) is 9.68. The average Bonchev–Trinajstić information content (AvgIpc) is 2.96. The standard InChI is InChI=1S/C24H32ClN3O2/c1-4-20-22(14-26)21(9-10-24(20)30-19-8-5-7-18(25)13-19)23-15-27(16-29)11-6-12-28(23)17(2)3/h5,7-10,13,16-17,23H,4,6,11-12,14-15,26H2,1-3H3. The summed E-state index contributed by atoms with van der Waals surface area (Å²) in [6.45, 7) is 9.39. The second kappa shape index (κ2) is 10.3. The van der Waals surface area contributed by atoms with Crippen molar-refractivity contribution in [3.05, 3.63) is 58.1 Å². The quantitative estimate of drug-likeness (QED) is 0.644. The van der Waals surface area contributed by atoms with Crippen LogP contribution in [0.2, 0.25) is 5.02 Å². The maximum absolute atomic E-state index is 11.6. The molecule has 2 aromatic rings. The van der Waals surface area contributed by atoms with E-state index >= 15 is 0 Å². The van der Waals surface area contributed by atoms with Gasteiger partial charge in [0.25, 0.3) is 0 Å². The number of hydrogen-bond acceptors (Lipinski definition) is 4. The molecule has 6 heteroatoms. The minimum atomic E-state index is 0.113. The van der Waals surface area contributed by atoms with Gasteiger partial charge < -0.3 is 15.4 Å². The van der Waals surface area contributed by atoms with Crippen LogP contribution in [0.15, 0.2) is 36.4 Å². The van der Waals surface area contributed by atoms with Crippen LogP contribution in [0.5, 0.6) is 11.5 Å². The minimum absolute atomic E-state index is 0.113. The van der Waals surface area contributed by atoms with E-state index in [4.69, 9.17) is 22.1 Å². The van der Waals surface area contributed by atoms with E-state index in [0.717, 1.165) is 49.2 Å². The highest BCUT2D eigenvalue weighted by atomic mass is 35.5. The van der Waals surface area contributed by atoms with Crippen LogP contribution >= 0.6 is 11.6 Å². The first-order valence-electron chi connectivity index (χ1n) is 10.7. The van der Waals surface area contributed by atoms with Crippen molar-refractivity contribution in [2.24, 2.45) is 5.73 Å². The van der Waals surface area contributed by atoms with Gasteiger partial charge in [-0.05, 0) is 67.6 Å². The molecule has 1 fully saturated rings. The van der Waals surface area contributed by atoms with Crippen LogP contribution in [0.4, 0.5) is 0 Å². The molecule has 0 aromatic heterocycles. The van der Waals surface area contributed by atoms with Gasteiger partial charge in [0.15, 0.2) is 0 Å². The summed E-state index contributed by atoms with van der Waals surface area (Å²) in [4.78, 5) is 15.9. The van der Waals surface area contributed by atoms with Crippen molar-refractivity contribution < 1.29 is 9.53 Å². The molecule has 1 aliphatic rings. The van der Waals surface area contributed by atoms with Crippen LogP contribution in [0.1, 0.15) is 49.9 Å². The highest BCUT2D eigenvalue weighted by molar-refractivity contribution is 6.30. The molecule has 1 aliphatic heterocycles. The number of amides is 1. The summed E-state index contributed by atoms with van der Waals surface area (Å²) in [5.74, 6) is 1.51. The number of carbonyl (C=O) groups excluding carboxylic acids is 1. The third-order valence-electron chi connectivity index (χ3n) is 5.85. The second-order valence-corrected chi connectivity index (χ2v) is 8.46. The summed E-state index contributed by atoms with van der Waals surface area (Å²) in [6, 6.07) is 12.1. The fourth-order valence-electron chi connectivity index (χ4n) is 4.40. The van der Waals surface area contributed by atoms with Crippen molar-refractivity contribution in [1.29, 1.82) is 0 Å². The van der Waals surface area contributed by atoms with E-state index < -0.39 is 0 Å². The molecule has 1 atom stereocenters. The van der Waals surface area contributed by atoms with E-state index in [1.807, 2.05) is 35.2 Å². The molecule has 1 heterocycles. The van der Waals surface area contributed by atoms with E-state index in [9.17, 15) is 4.79 Å². The number of rotatable bonds is 7. The molecule has 2 N–H and O–H groups in total. The van der Waals surface area contributed by atoms with Gasteiger partial charge in [-0.3, -0.25) is 9.69 Å². The summed E-state index contributed by atoms with van der Waals surface area (Å²) in [6.07, 6.45) is 2.75. The number of hydrogen-bond donors (Lipinski definition) is 1. The first-order valence-corrected chi connectivity index (χ1v) is 11.1. The molecular weight excluding hydrogens is 398 g/mol. The molecule has 0 spiro atoms. The average molecular weight is 430 g/mol. The van der Waals surface area contributed by atoms with Crippen LogP contribution in [-0.4, -0.2) is 41.9 Å². The molecule has 30 heavy (non-hydrogen) atoms. The molecule has 0 aliphatic carbocycles. The van der Waals surface area contributed by atoms with Crippen LogP contribution in [0.25, 0.3) is 0 Å². The zero-order valence-electron chi connectivity index (χ0n) is 18.1. The Kier molecular flexibility index (Phi) is 7.75. The molecule has 3 rings (SSSR count). The molecule has 162 valence electrons. The van der Waals surface area contributed by atoms with Crippen molar-refractivity contribution >= 4 is 18.0 Å². The largest absolute Gasteiger partial charge is 0.457 e. The van der Waals surface area contributed by atoms with Crippen molar-refractivity contribution in [1.82, 2.24) is 9.80 Å². The highest BCUT2D eigenvalue weighted by Crippen LogP contribution is 2.36. The maximum Gasteiger partial charge on any atom is 0.209 e. The lowest BCUT2D eigenvalue weighted by molar-refractivity contribution is -0.118. The first kappa shape index (κ1) is 22.6. The van der Waals surface area contributed by atoms with Crippen LogP contribution in [0.3, 0.4) is 0 Å². The second-order valence-electron chi connectivity index (χ2n) is 8.03. The third-order valence-corrected chi connectivity index (χ3v) is 6.08. The van der Waals surface area contributed by atoms with E-state index in [0.29, 0.717) is 29.9 Å². The Morgan fingerprint density at radius 2 is 2.03 bits per heavy atom. The third kappa shape index (κ3) is 4.97. The van der Waals surface area contributed by atoms with Gasteiger partial charge in [-0.25, -0.2) is 0 Å². The van der Waals surface area contributed by atoms with Gasteiger partial charge in [0.05, 0.1) is 6.04 Å². The lowest BCUT2D eigenvalue weighted by Crippen LogP contribution is -2.39. The van der Waals surface area contributed by atoms with Crippen molar-refractivity contribution in [2.75, 3.05) is 19.6 Å². The number of carbonyl (C=O) groups is 1. The lowest BCUT2D eigenvalue weighted by Gasteiger charge is -2.36. The Balaban J connectivity index is 2.04. The SMILES string of the molecule is CCc1c(Oc2cccc(Cl)c2)ccc(C2CN(C=O)CCCN2C(C)C)c1CN. The minimum Gasteiger partial charge on any atom is -0.457 e. The first-order chi connectivity index (χ1) is 14.5.